The number of hydrogen-bond donors (Lipinski definition) is 1. The number of carbonyl (C=O) groups is 1. The highest BCUT2D eigenvalue weighted by atomic mass is 35.5. The lowest BCUT2D eigenvalue weighted by Crippen LogP contribution is -2.23. The van der Waals surface area contributed by atoms with Crippen LogP contribution < -0.4 is 14.8 Å². The number of aromatic nitrogens is 1. The molecule has 0 fully saturated rings. The van der Waals surface area contributed by atoms with E-state index in [1.54, 1.807) is 26.4 Å². The molecule has 1 aromatic heterocycles. The van der Waals surface area contributed by atoms with Crippen LogP contribution in [0.1, 0.15) is 15.9 Å². The minimum Gasteiger partial charge on any atom is -0.493 e. The van der Waals surface area contributed by atoms with Gasteiger partial charge in [0.25, 0.3) is 5.91 Å². The van der Waals surface area contributed by atoms with Crippen LogP contribution in [0.3, 0.4) is 0 Å². The lowest BCUT2D eigenvalue weighted by atomic mass is 10.2. The largest absolute Gasteiger partial charge is 0.493 e. The third-order valence-corrected chi connectivity index (χ3v) is 3.22. The molecule has 2 aromatic rings. The van der Waals surface area contributed by atoms with Crippen molar-refractivity contribution in [3.05, 3.63) is 52.8 Å². The molecule has 0 radical (unpaired) electrons. The summed E-state index contributed by atoms with van der Waals surface area (Å²) in [6.07, 6.45) is 2.96. The van der Waals surface area contributed by atoms with Crippen LogP contribution in [-0.4, -0.2) is 25.1 Å². The first-order valence-corrected chi connectivity index (χ1v) is 6.62. The van der Waals surface area contributed by atoms with Crippen LogP contribution in [0.25, 0.3) is 0 Å². The van der Waals surface area contributed by atoms with Crippen molar-refractivity contribution < 1.29 is 14.3 Å². The normalized spacial score (nSPS) is 10.0. The lowest BCUT2D eigenvalue weighted by molar-refractivity contribution is 0.0951. The van der Waals surface area contributed by atoms with E-state index in [-0.39, 0.29) is 5.91 Å². The van der Waals surface area contributed by atoms with E-state index >= 15 is 0 Å². The molecule has 0 aliphatic carbocycles. The van der Waals surface area contributed by atoms with Crippen LogP contribution in [0.15, 0.2) is 36.7 Å². The SMILES string of the molecule is COc1ccc(CNC(=O)c2ccncc2Cl)cc1OC. The molecule has 0 spiro atoms. The zero-order valence-corrected chi connectivity index (χ0v) is 12.5. The summed E-state index contributed by atoms with van der Waals surface area (Å²) < 4.78 is 10.4. The molecule has 21 heavy (non-hydrogen) atoms. The van der Waals surface area contributed by atoms with Crippen molar-refractivity contribution >= 4 is 17.5 Å². The Balaban J connectivity index is 2.06. The number of benzene rings is 1. The molecule has 110 valence electrons. The third kappa shape index (κ3) is 3.64. The number of nitrogens with one attached hydrogen (secondary N) is 1. The van der Waals surface area contributed by atoms with Crippen LogP contribution in [0.2, 0.25) is 5.02 Å². The summed E-state index contributed by atoms with van der Waals surface area (Å²) in [4.78, 5) is 15.9. The van der Waals surface area contributed by atoms with Crippen molar-refractivity contribution in [2.75, 3.05) is 14.2 Å². The molecule has 1 heterocycles. The van der Waals surface area contributed by atoms with Gasteiger partial charge >= 0.3 is 0 Å². The van der Waals surface area contributed by atoms with Gasteiger partial charge < -0.3 is 14.8 Å². The predicted octanol–water partition coefficient (Wildman–Crippen LogP) is 2.68. The number of carbonyl (C=O) groups excluding carboxylic acids is 1. The van der Waals surface area contributed by atoms with E-state index in [1.165, 1.54) is 12.4 Å². The van der Waals surface area contributed by atoms with Gasteiger partial charge in [-0.05, 0) is 23.8 Å². The number of pyridine rings is 1. The molecule has 5 nitrogen and oxygen atoms in total. The quantitative estimate of drug-likeness (QED) is 0.922. The Kier molecular flexibility index (Phi) is 5.00. The summed E-state index contributed by atoms with van der Waals surface area (Å²) in [5.74, 6) is 1.01. The number of hydrogen-bond acceptors (Lipinski definition) is 4. The Morgan fingerprint density at radius 3 is 2.67 bits per heavy atom. The Labute approximate surface area is 127 Å². The third-order valence-electron chi connectivity index (χ3n) is 2.92. The topological polar surface area (TPSA) is 60.5 Å². The Morgan fingerprint density at radius 1 is 1.24 bits per heavy atom. The van der Waals surface area contributed by atoms with E-state index in [2.05, 4.69) is 10.3 Å². The van der Waals surface area contributed by atoms with Crippen LogP contribution in [0, 0.1) is 0 Å². The number of rotatable bonds is 5. The summed E-state index contributed by atoms with van der Waals surface area (Å²) in [5.41, 5.74) is 1.29. The van der Waals surface area contributed by atoms with Crippen LogP contribution in [0.4, 0.5) is 0 Å². The molecule has 1 aromatic carbocycles. The number of amides is 1. The van der Waals surface area contributed by atoms with Gasteiger partial charge in [0.2, 0.25) is 0 Å². The molecular formula is C15H15ClN2O3. The van der Waals surface area contributed by atoms with Gasteiger partial charge in [-0.15, -0.1) is 0 Å². The second-order valence-corrected chi connectivity index (χ2v) is 4.63. The molecule has 0 aliphatic rings. The summed E-state index contributed by atoms with van der Waals surface area (Å²) in [7, 11) is 3.14. The summed E-state index contributed by atoms with van der Waals surface area (Å²) in [6, 6.07) is 7.04. The van der Waals surface area contributed by atoms with E-state index < -0.39 is 0 Å². The van der Waals surface area contributed by atoms with E-state index in [0.717, 1.165) is 5.56 Å². The second kappa shape index (κ2) is 6.95. The highest BCUT2D eigenvalue weighted by molar-refractivity contribution is 6.33. The first kappa shape index (κ1) is 15.1. The average molecular weight is 307 g/mol. The zero-order valence-electron chi connectivity index (χ0n) is 11.7. The van der Waals surface area contributed by atoms with Gasteiger partial charge in [0.15, 0.2) is 11.5 Å². The number of halogens is 1. The van der Waals surface area contributed by atoms with Gasteiger partial charge in [0.05, 0.1) is 24.8 Å². The van der Waals surface area contributed by atoms with Crippen LogP contribution >= 0.6 is 11.6 Å². The summed E-state index contributed by atoms with van der Waals surface area (Å²) in [6.45, 7) is 0.359. The minimum absolute atomic E-state index is 0.253. The fourth-order valence-corrected chi connectivity index (χ4v) is 2.03. The van der Waals surface area contributed by atoms with Crippen LogP contribution in [0.5, 0.6) is 11.5 Å². The zero-order chi connectivity index (χ0) is 15.2. The minimum atomic E-state index is -0.253. The predicted molar refractivity (Wildman–Crippen MR) is 80.0 cm³/mol. The maximum absolute atomic E-state index is 12.0. The van der Waals surface area contributed by atoms with Crippen LogP contribution in [-0.2, 0) is 6.54 Å². The molecule has 1 amide bonds. The van der Waals surface area contributed by atoms with Gasteiger partial charge in [0, 0.05) is 18.9 Å². The molecule has 0 unspecified atom stereocenters. The number of nitrogens with zero attached hydrogens (tertiary/aromatic N) is 1. The highest BCUT2D eigenvalue weighted by Crippen LogP contribution is 2.27. The second-order valence-electron chi connectivity index (χ2n) is 4.23. The molecule has 6 heteroatoms. The van der Waals surface area contributed by atoms with Gasteiger partial charge in [-0.2, -0.15) is 0 Å². The van der Waals surface area contributed by atoms with Crippen molar-refractivity contribution in [2.24, 2.45) is 0 Å². The fourth-order valence-electron chi connectivity index (χ4n) is 1.83. The van der Waals surface area contributed by atoms with Gasteiger partial charge in [-0.3, -0.25) is 9.78 Å². The molecule has 0 bridgehead atoms. The number of ether oxygens (including phenoxy) is 2. The standard InChI is InChI=1S/C15H15ClN2O3/c1-20-13-4-3-10(7-14(13)21-2)8-18-15(19)11-5-6-17-9-12(11)16/h3-7,9H,8H2,1-2H3,(H,18,19). The first-order chi connectivity index (χ1) is 10.2. The first-order valence-electron chi connectivity index (χ1n) is 6.24. The van der Waals surface area contributed by atoms with Gasteiger partial charge in [0.1, 0.15) is 0 Å². The van der Waals surface area contributed by atoms with Gasteiger partial charge in [-0.1, -0.05) is 17.7 Å². The fraction of sp³-hybridized carbons (Fsp3) is 0.200. The highest BCUT2D eigenvalue weighted by Gasteiger charge is 2.10. The van der Waals surface area contributed by atoms with Gasteiger partial charge in [-0.25, -0.2) is 0 Å². The average Bonchev–Trinajstić information content (AvgIpc) is 2.52. The summed E-state index contributed by atoms with van der Waals surface area (Å²) >= 11 is 5.93. The van der Waals surface area contributed by atoms with Crippen molar-refractivity contribution in [1.29, 1.82) is 0 Å². The molecule has 1 N–H and O–H groups in total. The molecular weight excluding hydrogens is 292 g/mol. The van der Waals surface area contributed by atoms with Crippen molar-refractivity contribution in [2.45, 2.75) is 6.54 Å². The van der Waals surface area contributed by atoms with Crippen molar-refractivity contribution in [3.63, 3.8) is 0 Å². The van der Waals surface area contributed by atoms with Crippen molar-refractivity contribution in [1.82, 2.24) is 10.3 Å². The number of methoxy groups -OCH3 is 2. The Bertz CT molecular complexity index is 647. The smallest absolute Gasteiger partial charge is 0.253 e. The van der Waals surface area contributed by atoms with Crippen molar-refractivity contribution in [3.8, 4) is 11.5 Å². The molecule has 2 rings (SSSR count). The Morgan fingerprint density at radius 2 is 2.00 bits per heavy atom. The monoisotopic (exact) mass is 306 g/mol. The maximum atomic E-state index is 12.0. The molecule has 0 saturated carbocycles. The summed E-state index contributed by atoms with van der Waals surface area (Å²) in [5, 5.41) is 3.12. The van der Waals surface area contributed by atoms with E-state index in [4.69, 9.17) is 21.1 Å². The molecule has 0 saturated heterocycles. The molecule has 0 aliphatic heterocycles. The Hall–Kier alpha value is -2.27. The lowest BCUT2D eigenvalue weighted by Gasteiger charge is -2.10. The van der Waals surface area contributed by atoms with E-state index in [9.17, 15) is 4.79 Å². The van der Waals surface area contributed by atoms with E-state index in [0.29, 0.717) is 28.6 Å². The van der Waals surface area contributed by atoms with E-state index in [1.807, 2.05) is 12.1 Å². The molecule has 0 atom stereocenters. The maximum Gasteiger partial charge on any atom is 0.253 e.